The third-order valence-electron chi connectivity index (χ3n) is 2.79. The number of carbonyl (C=O) groups is 1. The van der Waals surface area contributed by atoms with Gasteiger partial charge in [0.2, 0.25) is 0 Å². The zero-order valence-electron chi connectivity index (χ0n) is 11.7. The standard InChI is InChI=1S/C15H17N3OS/c1-9-6-10(2)18-14(7-9)20-13-5-4-11(8-12(13)16)15(19)17-3/h4-8H,16H2,1-3H3,(H,17,19). The Balaban J connectivity index is 2.27. The van der Waals surface area contributed by atoms with Gasteiger partial charge in [-0.15, -0.1) is 0 Å². The number of amides is 1. The topological polar surface area (TPSA) is 68.0 Å². The third-order valence-corrected chi connectivity index (χ3v) is 3.80. The number of carbonyl (C=O) groups excluding carboxylic acids is 1. The van der Waals surface area contributed by atoms with Crippen molar-refractivity contribution in [1.82, 2.24) is 10.3 Å². The zero-order chi connectivity index (χ0) is 14.7. The summed E-state index contributed by atoms with van der Waals surface area (Å²) in [5.74, 6) is -0.141. The van der Waals surface area contributed by atoms with Crippen molar-refractivity contribution < 1.29 is 4.79 Å². The lowest BCUT2D eigenvalue weighted by molar-refractivity contribution is 0.0963. The predicted molar refractivity (Wildman–Crippen MR) is 82.1 cm³/mol. The number of nitrogens with zero attached hydrogens (tertiary/aromatic N) is 1. The Morgan fingerprint density at radius 3 is 2.60 bits per heavy atom. The third kappa shape index (κ3) is 3.30. The second-order valence-electron chi connectivity index (χ2n) is 4.56. The Kier molecular flexibility index (Phi) is 4.29. The number of nitrogens with two attached hydrogens (primary N) is 1. The Morgan fingerprint density at radius 1 is 1.25 bits per heavy atom. The van der Waals surface area contributed by atoms with Gasteiger partial charge >= 0.3 is 0 Å². The summed E-state index contributed by atoms with van der Waals surface area (Å²) in [6, 6.07) is 9.35. The van der Waals surface area contributed by atoms with Gasteiger partial charge in [-0.05, 0) is 49.7 Å². The van der Waals surface area contributed by atoms with Gasteiger partial charge in [0.05, 0.1) is 0 Å². The molecule has 2 rings (SSSR count). The number of nitrogen functional groups attached to an aromatic ring is 1. The maximum Gasteiger partial charge on any atom is 0.251 e. The lowest BCUT2D eigenvalue weighted by atomic mass is 10.2. The fraction of sp³-hybridized carbons (Fsp3) is 0.200. The molecule has 20 heavy (non-hydrogen) atoms. The highest BCUT2D eigenvalue weighted by Crippen LogP contribution is 2.32. The molecule has 0 bridgehead atoms. The monoisotopic (exact) mass is 287 g/mol. The van der Waals surface area contributed by atoms with Crippen molar-refractivity contribution in [2.24, 2.45) is 0 Å². The zero-order valence-corrected chi connectivity index (χ0v) is 12.5. The van der Waals surface area contributed by atoms with Crippen LogP contribution in [0.15, 0.2) is 40.3 Å². The van der Waals surface area contributed by atoms with Crippen LogP contribution >= 0.6 is 11.8 Å². The fourth-order valence-electron chi connectivity index (χ4n) is 1.90. The molecule has 0 spiro atoms. The fourth-order valence-corrected chi connectivity index (χ4v) is 2.87. The molecule has 4 nitrogen and oxygen atoms in total. The maximum absolute atomic E-state index is 11.5. The molecule has 0 fully saturated rings. The van der Waals surface area contributed by atoms with Crippen LogP contribution in [0.5, 0.6) is 0 Å². The number of pyridine rings is 1. The van der Waals surface area contributed by atoms with E-state index in [4.69, 9.17) is 5.73 Å². The van der Waals surface area contributed by atoms with E-state index in [0.717, 1.165) is 15.6 Å². The molecule has 0 saturated heterocycles. The molecule has 0 atom stereocenters. The highest BCUT2D eigenvalue weighted by atomic mass is 32.2. The summed E-state index contributed by atoms with van der Waals surface area (Å²) < 4.78 is 0. The molecule has 0 aliphatic carbocycles. The van der Waals surface area contributed by atoms with Crippen molar-refractivity contribution in [2.75, 3.05) is 12.8 Å². The van der Waals surface area contributed by atoms with Crippen molar-refractivity contribution in [1.29, 1.82) is 0 Å². The van der Waals surface area contributed by atoms with E-state index in [1.54, 1.807) is 19.2 Å². The number of benzene rings is 1. The molecule has 5 heteroatoms. The largest absolute Gasteiger partial charge is 0.398 e. The van der Waals surface area contributed by atoms with Crippen molar-refractivity contribution >= 4 is 23.4 Å². The van der Waals surface area contributed by atoms with Gasteiger partial charge in [0.15, 0.2) is 0 Å². The van der Waals surface area contributed by atoms with E-state index in [9.17, 15) is 4.79 Å². The second kappa shape index (κ2) is 5.96. The molecule has 0 unspecified atom stereocenters. The highest BCUT2D eigenvalue weighted by molar-refractivity contribution is 7.99. The Hall–Kier alpha value is -2.01. The molecule has 0 aliphatic rings. The molecule has 1 aromatic carbocycles. The van der Waals surface area contributed by atoms with E-state index < -0.39 is 0 Å². The number of anilines is 1. The molecule has 1 aromatic heterocycles. The molecular weight excluding hydrogens is 270 g/mol. The normalized spacial score (nSPS) is 10.3. The molecule has 3 N–H and O–H groups in total. The van der Waals surface area contributed by atoms with E-state index in [1.165, 1.54) is 17.3 Å². The van der Waals surface area contributed by atoms with Gasteiger partial charge in [-0.25, -0.2) is 4.98 Å². The van der Waals surface area contributed by atoms with Crippen molar-refractivity contribution in [2.45, 2.75) is 23.8 Å². The van der Waals surface area contributed by atoms with Gasteiger partial charge in [0, 0.05) is 28.9 Å². The van der Waals surface area contributed by atoms with Gasteiger partial charge in [-0.2, -0.15) is 0 Å². The summed E-state index contributed by atoms with van der Waals surface area (Å²) in [7, 11) is 1.60. The van der Waals surface area contributed by atoms with Gasteiger partial charge in [-0.1, -0.05) is 11.8 Å². The minimum absolute atomic E-state index is 0.141. The average Bonchev–Trinajstić information content (AvgIpc) is 2.39. The minimum Gasteiger partial charge on any atom is -0.398 e. The van der Waals surface area contributed by atoms with Crippen LogP contribution in [0.2, 0.25) is 0 Å². The Bertz CT molecular complexity index is 635. The SMILES string of the molecule is CNC(=O)c1ccc(Sc2cc(C)cc(C)n2)c(N)c1. The van der Waals surface area contributed by atoms with Crippen LogP contribution in [0.3, 0.4) is 0 Å². The minimum atomic E-state index is -0.141. The first-order chi connectivity index (χ1) is 9.49. The molecule has 0 saturated carbocycles. The van der Waals surface area contributed by atoms with Gasteiger partial charge < -0.3 is 11.1 Å². The van der Waals surface area contributed by atoms with Crippen molar-refractivity contribution in [3.8, 4) is 0 Å². The number of aryl methyl sites for hydroxylation is 2. The summed E-state index contributed by atoms with van der Waals surface area (Å²) in [4.78, 5) is 16.9. The van der Waals surface area contributed by atoms with E-state index >= 15 is 0 Å². The molecule has 1 heterocycles. The van der Waals surface area contributed by atoms with E-state index in [-0.39, 0.29) is 5.91 Å². The van der Waals surface area contributed by atoms with Crippen LogP contribution in [-0.2, 0) is 0 Å². The van der Waals surface area contributed by atoms with Crippen LogP contribution in [0.4, 0.5) is 5.69 Å². The van der Waals surface area contributed by atoms with Gasteiger partial charge in [-0.3, -0.25) is 4.79 Å². The molecule has 2 aromatic rings. The summed E-state index contributed by atoms with van der Waals surface area (Å²) in [5, 5.41) is 3.48. The number of hydrogen-bond donors (Lipinski definition) is 2. The van der Waals surface area contributed by atoms with Crippen LogP contribution < -0.4 is 11.1 Å². The Morgan fingerprint density at radius 2 is 2.00 bits per heavy atom. The summed E-state index contributed by atoms with van der Waals surface area (Å²) >= 11 is 1.50. The first-order valence-electron chi connectivity index (χ1n) is 6.24. The first kappa shape index (κ1) is 14.4. The van der Waals surface area contributed by atoms with Gasteiger partial charge in [0.1, 0.15) is 5.03 Å². The smallest absolute Gasteiger partial charge is 0.251 e. The van der Waals surface area contributed by atoms with E-state index in [2.05, 4.69) is 10.3 Å². The number of nitrogens with one attached hydrogen (secondary N) is 1. The highest BCUT2D eigenvalue weighted by Gasteiger charge is 2.08. The number of aromatic nitrogens is 1. The molecule has 0 radical (unpaired) electrons. The van der Waals surface area contributed by atoms with Crippen LogP contribution in [0.1, 0.15) is 21.6 Å². The summed E-state index contributed by atoms with van der Waals surface area (Å²) in [6.45, 7) is 4.01. The molecular formula is C15H17N3OS. The second-order valence-corrected chi connectivity index (χ2v) is 5.62. The number of hydrogen-bond acceptors (Lipinski definition) is 4. The Labute approximate surface area is 122 Å². The number of rotatable bonds is 3. The lowest BCUT2D eigenvalue weighted by Gasteiger charge is -2.08. The predicted octanol–water partition coefficient (Wildman–Crippen LogP) is 2.79. The summed E-state index contributed by atoms with van der Waals surface area (Å²) in [5.41, 5.74) is 9.29. The van der Waals surface area contributed by atoms with E-state index in [0.29, 0.717) is 11.3 Å². The van der Waals surface area contributed by atoms with Crippen LogP contribution in [0, 0.1) is 13.8 Å². The van der Waals surface area contributed by atoms with Crippen LogP contribution in [0.25, 0.3) is 0 Å². The van der Waals surface area contributed by atoms with Crippen molar-refractivity contribution in [3.05, 3.63) is 47.2 Å². The molecule has 0 aliphatic heterocycles. The maximum atomic E-state index is 11.5. The van der Waals surface area contributed by atoms with Crippen molar-refractivity contribution in [3.63, 3.8) is 0 Å². The van der Waals surface area contributed by atoms with E-state index in [1.807, 2.05) is 32.0 Å². The van der Waals surface area contributed by atoms with Gasteiger partial charge in [0.25, 0.3) is 5.91 Å². The first-order valence-corrected chi connectivity index (χ1v) is 7.06. The quantitative estimate of drug-likeness (QED) is 0.852. The average molecular weight is 287 g/mol. The lowest BCUT2D eigenvalue weighted by Crippen LogP contribution is -2.17. The molecule has 104 valence electrons. The van der Waals surface area contributed by atoms with Crippen LogP contribution in [-0.4, -0.2) is 17.9 Å². The summed E-state index contributed by atoms with van der Waals surface area (Å²) in [6.07, 6.45) is 0. The molecule has 1 amide bonds.